The monoisotopic (exact) mass is 779 g/mol. The van der Waals surface area contributed by atoms with E-state index in [0.29, 0.717) is 0 Å². The maximum absolute atomic E-state index is 6.85. The van der Waals surface area contributed by atoms with E-state index >= 15 is 0 Å². The average Bonchev–Trinajstić information content (AvgIpc) is 3.92. The van der Waals surface area contributed by atoms with Crippen molar-refractivity contribution in [1.82, 2.24) is 0 Å². The number of benzene rings is 10. The quantitative estimate of drug-likeness (QED) is 0.161. The molecule has 0 fully saturated rings. The minimum atomic E-state index is 0.899. The molecule has 0 aliphatic heterocycles. The Morgan fingerprint density at radius 3 is 1.33 bits per heavy atom. The molecule has 0 saturated heterocycles. The molecule has 3 nitrogen and oxygen atoms in total. The molecule has 12 rings (SSSR count). The van der Waals surface area contributed by atoms with Gasteiger partial charge in [0.15, 0.2) is 0 Å². The van der Waals surface area contributed by atoms with Gasteiger partial charge >= 0.3 is 0 Å². The highest BCUT2D eigenvalue weighted by atomic mass is 16.3. The molecule has 0 radical (unpaired) electrons. The lowest BCUT2D eigenvalue weighted by Crippen LogP contribution is -2.09. The summed E-state index contributed by atoms with van der Waals surface area (Å²) in [5, 5.41) is 6.83. The van der Waals surface area contributed by atoms with Crippen LogP contribution in [0.1, 0.15) is 0 Å². The molecule has 2 aromatic heterocycles. The smallest absolute Gasteiger partial charge is 0.143 e. The zero-order valence-corrected chi connectivity index (χ0v) is 33.1. The van der Waals surface area contributed by atoms with E-state index in [1.54, 1.807) is 0 Å². The Bertz CT molecular complexity index is 3550. The van der Waals surface area contributed by atoms with Gasteiger partial charge in [-0.1, -0.05) is 176 Å². The normalized spacial score (nSPS) is 11.6. The molecular formula is C58H37NO2. The number of hydrogen-bond donors (Lipinski definition) is 0. The Kier molecular flexibility index (Phi) is 8.17. The molecule has 3 heteroatoms. The van der Waals surface area contributed by atoms with Gasteiger partial charge in [-0.2, -0.15) is 0 Å². The highest BCUT2D eigenvalue weighted by Gasteiger charge is 2.19. The van der Waals surface area contributed by atoms with Gasteiger partial charge in [-0.15, -0.1) is 0 Å². The van der Waals surface area contributed by atoms with Gasteiger partial charge in [0.05, 0.1) is 0 Å². The number of nitrogens with zero attached hydrogens (tertiary/aromatic N) is 1. The van der Waals surface area contributed by atoms with E-state index in [1.807, 2.05) is 12.1 Å². The van der Waals surface area contributed by atoms with Crippen molar-refractivity contribution in [3.63, 3.8) is 0 Å². The second-order valence-electron chi connectivity index (χ2n) is 15.6. The van der Waals surface area contributed by atoms with Crippen molar-refractivity contribution in [1.29, 1.82) is 0 Å². The number of anilines is 3. The molecule has 0 N–H and O–H groups in total. The third-order valence-corrected chi connectivity index (χ3v) is 12.1. The Labute approximate surface area is 353 Å². The molecule has 0 bridgehead atoms. The topological polar surface area (TPSA) is 29.5 Å². The van der Waals surface area contributed by atoms with Crippen LogP contribution in [0.2, 0.25) is 0 Å². The molecule has 0 saturated carbocycles. The van der Waals surface area contributed by atoms with E-state index in [2.05, 4.69) is 217 Å². The molecule has 0 spiro atoms. The Morgan fingerprint density at radius 1 is 0.246 bits per heavy atom. The summed E-state index contributed by atoms with van der Waals surface area (Å²) in [4.78, 5) is 2.31. The summed E-state index contributed by atoms with van der Waals surface area (Å²) in [5.74, 6) is 0. The zero-order chi connectivity index (χ0) is 40.3. The van der Waals surface area contributed by atoms with Gasteiger partial charge in [0.1, 0.15) is 22.3 Å². The molecular weight excluding hydrogens is 743 g/mol. The summed E-state index contributed by atoms with van der Waals surface area (Å²) < 4.78 is 13.2. The molecule has 0 aliphatic rings. The van der Waals surface area contributed by atoms with E-state index in [9.17, 15) is 0 Å². The molecule has 286 valence electrons. The second kappa shape index (κ2) is 14.3. The summed E-state index contributed by atoms with van der Waals surface area (Å²) in [5.41, 5.74) is 16.0. The number of fused-ring (bicyclic) bond motifs is 8. The molecule has 61 heavy (non-hydrogen) atoms. The van der Waals surface area contributed by atoms with Gasteiger partial charge < -0.3 is 13.7 Å². The number of para-hydroxylation sites is 4. The molecule has 0 aliphatic carbocycles. The molecule has 0 amide bonds. The van der Waals surface area contributed by atoms with Crippen molar-refractivity contribution in [2.24, 2.45) is 0 Å². The van der Waals surface area contributed by atoms with Crippen LogP contribution in [0.25, 0.3) is 99.2 Å². The molecule has 12 aromatic rings. The minimum Gasteiger partial charge on any atom is -0.455 e. The third kappa shape index (κ3) is 5.90. The fourth-order valence-corrected chi connectivity index (χ4v) is 9.14. The first kappa shape index (κ1) is 34.9. The van der Waals surface area contributed by atoms with Crippen LogP contribution in [0.15, 0.2) is 233 Å². The van der Waals surface area contributed by atoms with Crippen LogP contribution in [0.5, 0.6) is 0 Å². The first-order valence-corrected chi connectivity index (χ1v) is 20.7. The van der Waals surface area contributed by atoms with Crippen molar-refractivity contribution in [3.05, 3.63) is 224 Å². The van der Waals surface area contributed by atoms with E-state index in [1.165, 1.54) is 16.5 Å². The maximum Gasteiger partial charge on any atom is 0.143 e. The van der Waals surface area contributed by atoms with E-state index in [-0.39, 0.29) is 0 Å². The maximum atomic E-state index is 6.85. The van der Waals surface area contributed by atoms with Crippen LogP contribution >= 0.6 is 0 Å². The highest BCUT2D eigenvalue weighted by molar-refractivity contribution is 6.20. The summed E-state index contributed by atoms with van der Waals surface area (Å²) in [6, 6.07) is 79.7. The number of hydrogen-bond acceptors (Lipinski definition) is 3. The van der Waals surface area contributed by atoms with Crippen molar-refractivity contribution in [2.45, 2.75) is 0 Å². The SMILES string of the molecule is c1ccc(-c2cc3c4cccc(-c5ccc(N(c6ccccc6)c6ccc(-c7ccc(-c8cccc9c8oc8ccccc89)cc7)cc6)cc5)c4oc3c3ccccc23)cc1. The molecule has 2 heterocycles. The number of furan rings is 2. The first-order valence-electron chi connectivity index (χ1n) is 20.7. The van der Waals surface area contributed by atoms with Gasteiger partial charge in [-0.3, -0.25) is 0 Å². The lowest BCUT2D eigenvalue weighted by molar-refractivity contribution is 0.670. The lowest BCUT2D eigenvalue weighted by atomic mass is 9.95. The van der Waals surface area contributed by atoms with Crippen LogP contribution in [0, 0.1) is 0 Å². The van der Waals surface area contributed by atoms with Gasteiger partial charge in [0.2, 0.25) is 0 Å². The average molecular weight is 780 g/mol. The van der Waals surface area contributed by atoms with Crippen LogP contribution in [-0.2, 0) is 0 Å². The van der Waals surface area contributed by atoms with Crippen LogP contribution in [-0.4, -0.2) is 0 Å². The fourth-order valence-electron chi connectivity index (χ4n) is 9.14. The van der Waals surface area contributed by atoms with Gasteiger partial charge in [-0.25, -0.2) is 0 Å². The first-order chi connectivity index (χ1) is 30.2. The minimum absolute atomic E-state index is 0.899. The van der Waals surface area contributed by atoms with Crippen LogP contribution in [0.4, 0.5) is 17.1 Å². The van der Waals surface area contributed by atoms with Gasteiger partial charge in [0.25, 0.3) is 0 Å². The summed E-state index contributed by atoms with van der Waals surface area (Å²) in [7, 11) is 0. The van der Waals surface area contributed by atoms with E-state index in [4.69, 9.17) is 8.83 Å². The van der Waals surface area contributed by atoms with Gasteiger partial charge in [-0.05, 0) is 87.3 Å². The molecule has 10 aromatic carbocycles. The summed E-state index contributed by atoms with van der Waals surface area (Å²) in [6.45, 7) is 0. The largest absolute Gasteiger partial charge is 0.455 e. The Hall–Kier alpha value is -8.14. The van der Waals surface area contributed by atoms with Crippen molar-refractivity contribution in [3.8, 4) is 44.5 Å². The number of rotatable bonds is 7. The van der Waals surface area contributed by atoms with E-state index in [0.717, 1.165) is 99.7 Å². The zero-order valence-electron chi connectivity index (χ0n) is 33.1. The van der Waals surface area contributed by atoms with Crippen LogP contribution < -0.4 is 4.90 Å². The lowest BCUT2D eigenvalue weighted by Gasteiger charge is -2.26. The predicted octanol–water partition coefficient (Wildman–Crippen LogP) is 16.8. The standard InChI is InChI=1S/C58H37NO2/c1-3-13-40(14-4-1)53-37-54-52-23-12-21-47(57(52)61-58(54)50-19-8-7-17-48(50)53)42-31-35-45(36-32-42)59(43-15-5-2-6-16-43)44-33-29-39(30-34-44)38-25-27-41(28-26-38)46-20-11-22-51-49-18-9-10-24-55(49)60-56(46)51/h1-37H. The third-order valence-electron chi connectivity index (χ3n) is 12.1. The van der Waals surface area contributed by atoms with E-state index < -0.39 is 0 Å². The molecule has 0 atom stereocenters. The van der Waals surface area contributed by atoms with Gasteiger partial charge in [0, 0.05) is 55.1 Å². The summed E-state index contributed by atoms with van der Waals surface area (Å²) >= 11 is 0. The van der Waals surface area contributed by atoms with Crippen molar-refractivity contribution < 1.29 is 8.83 Å². The second-order valence-corrected chi connectivity index (χ2v) is 15.6. The molecule has 0 unspecified atom stereocenters. The Balaban J connectivity index is 0.877. The Morgan fingerprint density at radius 2 is 0.672 bits per heavy atom. The fraction of sp³-hybridized carbons (Fsp3) is 0. The summed E-state index contributed by atoms with van der Waals surface area (Å²) in [6.07, 6.45) is 0. The van der Waals surface area contributed by atoms with Crippen LogP contribution in [0.3, 0.4) is 0 Å². The predicted molar refractivity (Wildman–Crippen MR) is 255 cm³/mol. The van der Waals surface area contributed by atoms with Crippen molar-refractivity contribution in [2.75, 3.05) is 4.90 Å². The van der Waals surface area contributed by atoms with Crippen molar-refractivity contribution >= 4 is 71.7 Å². The highest BCUT2D eigenvalue weighted by Crippen LogP contribution is 2.44.